The van der Waals surface area contributed by atoms with E-state index >= 15 is 0 Å². The molecule has 0 bridgehead atoms. The Labute approximate surface area is 156 Å². The number of hydrogen-bond donors (Lipinski definition) is 0. The molecule has 4 heterocycles. The van der Waals surface area contributed by atoms with E-state index in [9.17, 15) is 4.79 Å². The van der Waals surface area contributed by atoms with Gasteiger partial charge in [0.05, 0.1) is 34.4 Å². The Hall–Kier alpha value is -3.16. The highest BCUT2D eigenvalue weighted by Gasteiger charge is 2.28. The Morgan fingerprint density at radius 2 is 2.00 bits per heavy atom. The molecule has 3 aromatic heterocycles. The first-order valence-corrected chi connectivity index (χ1v) is 8.90. The molecule has 0 aromatic carbocycles. The number of nitrogens with zero attached hydrogens (tertiary/aromatic N) is 6. The lowest BCUT2D eigenvalue weighted by atomic mass is 10.0. The van der Waals surface area contributed by atoms with Gasteiger partial charge in [0.1, 0.15) is 12.1 Å². The first-order valence-electron chi connectivity index (χ1n) is 8.90. The third kappa shape index (κ3) is 3.55. The molecule has 1 aliphatic rings. The maximum absolute atomic E-state index is 12.5. The van der Waals surface area contributed by atoms with E-state index in [1.165, 1.54) is 6.33 Å². The minimum atomic E-state index is -0.0198. The molecule has 8 nitrogen and oxygen atoms in total. The van der Waals surface area contributed by atoms with Crippen molar-refractivity contribution in [2.45, 2.75) is 26.7 Å². The Bertz CT molecular complexity index is 936. The summed E-state index contributed by atoms with van der Waals surface area (Å²) in [7, 11) is 0. The van der Waals surface area contributed by atoms with Crippen LogP contribution in [0.1, 0.15) is 33.9 Å². The van der Waals surface area contributed by atoms with Gasteiger partial charge in [0.15, 0.2) is 0 Å². The van der Waals surface area contributed by atoms with Crippen LogP contribution in [0.15, 0.2) is 35.6 Å². The molecule has 0 radical (unpaired) electrons. The van der Waals surface area contributed by atoms with Crippen molar-refractivity contribution in [2.24, 2.45) is 5.92 Å². The Morgan fingerprint density at radius 3 is 2.74 bits per heavy atom. The first-order chi connectivity index (χ1) is 13.1. The van der Waals surface area contributed by atoms with Crippen molar-refractivity contribution in [3.8, 4) is 11.3 Å². The molecule has 1 fully saturated rings. The van der Waals surface area contributed by atoms with Gasteiger partial charge in [-0.05, 0) is 32.6 Å². The van der Waals surface area contributed by atoms with Gasteiger partial charge in [0.25, 0.3) is 5.91 Å². The number of likely N-dealkylation sites (tertiary alicyclic amines) is 1. The third-order valence-electron chi connectivity index (χ3n) is 4.85. The number of carbonyl (C=O) groups excluding carboxylic acids is 1. The van der Waals surface area contributed by atoms with E-state index in [1.54, 1.807) is 24.8 Å². The van der Waals surface area contributed by atoms with Crippen molar-refractivity contribution in [2.75, 3.05) is 13.1 Å². The monoisotopic (exact) mass is 364 g/mol. The van der Waals surface area contributed by atoms with Gasteiger partial charge in [-0.15, -0.1) is 0 Å². The van der Waals surface area contributed by atoms with Crippen LogP contribution in [0, 0.1) is 19.8 Å². The van der Waals surface area contributed by atoms with Crippen LogP contribution in [0.5, 0.6) is 0 Å². The highest BCUT2D eigenvalue weighted by atomic mass is 16.5. The summed E-state index contributed by atoms with van der Waals surface area (Å²) in [6.45, 7) is 5.20. The molecule has 0 saturated carbocycles. The van der Waals surface area contributed by atoms with E-state index in [1.807, 2.05) is 18.7 Å². The molecular weight excluding hydrogens is 344 g/mol. The van der Waals surface area contributed by atoms with E-state index in [0.29, 0.717) is 18.0 Å². The highest BCUT2D eigenvalue weighted by molar-refractivity contribution is 5.93. The predicted molar refractivity (Wildman–Crippen MR) is 96.7 cm³/mol. The predicted octanol–water partition coefficient (Wildman–Crippen LogP) is 2.24. The zero-order valence-corrected chi connectivity index (χ0v) is 15.3. The van der Waals surface area contributed by atoms with Crippen LogP contribution < -0.4 is 0 Å². The Kier molecular flexibility index (Phi) is 4.62. The summed E-state index contributed by atoms with van der Waals surface area (Å²) in [6.07, 6.45) is 9.78. The fraction of sp³-hybridized carbons (Fsp3) is 0.368. The zero-order chi connectivity index (χ0) is 18.8. The van der Waals surface area contributed by atoms with Gasteiger partial charge in [-0.2, -0.15) is 0 Å². The number of rotatable bonds is 4. The van der Waals surface area contributed by atoms with Gasteiger partial charge in [0.2, 0.25) is 0 Å². The van der Waals surface area contributed by atoms with Gasteiger partial charge in [-0.3, -0.25) is 9.78 Å². The summed E-state index contributed by atoms with van der Waals surface area (Å²) in [6, 6.07) is 0. The van der Waals surface area contributed by atoms with Crippen LogP contribution in [0.3, 0.4) is 0 Å². The highest BCUT2D eigenvalue weighted by Crippen LogP contribution is 2.26. The molecule has 0 N–H and O–H groups in total. The fourth-order valence-electron chi connectivity index (χ4n) is 3.55. The van der Waals surface area contributed by atoms with E-state index in [4.69, 9.17) is 9.51 Å². The Balaban J connectivity index is 1.45. The number of aromatic nitrogens is 5. The lowest BCUT2D eigenvalue weighted by molar-refractivity contribution is 0.0786. The minimum Gasteiger partial charge on any atom is -0.361 e. The van der Waals surface area contributed by atoms with Gasteiger partial charge in [0, 0.05) is 31.7 Å². The van der Waals surface area contributed by atoms with E-state index in [2.05, 4.69) is 20.1 Å². The molecule has 3 aromatic rings. The summed E-state index contributed by atoms with van der Waals surface area (Å²) in [5, 5.41) is 3.99. The molecule has 4 rings (SSSR count). The van der Waals surface area contributed by atoms with Crippen molar-refractivity contribution in [3.05, 3.63) is 53.8 Å². The topological polar surface area (TPSA) is 97.9 Å². The smallest absolute Gasteiger partial charge is 0.256 e. The molecule has 1 aliphatic heterocycles. The summed E-state index contributed by atoms with van der Waals surface area (Å²) in [4.78, 5) is 31.3. The maximum atomic E-state index is 12.5. The number of amides is 1. The van der Waals surface area contributed by atoms with Crippen molar-refractivity contribution < 1.29 is 9.32 Å². The summed E-state index contributed by atoms with van der Waals surface area (Å²) >= 11 is 0. The molecule has 0 aliphatic carbocycles. The third-order valence-corrected chi connectivity index (χ3v) is 4.85. The van der Waals surface area contributed by atoms with Crippen LogP contribution in [-0.2, 0) is 6.42 Å². The molecule has 138 valence electrons. The summed E-state index contributed by atoms with van der Waals surface area (Å²) in [5.41, 5.74) is 3.92. The van der Waals surface area contributed by atoms with Crippen LogP contribution in [-0.4, -0.2) is 49.0 Å². The lowest BCUT2D eigenvalue weighted by Crippen LogP contribution is -2.29. The standard InChI is InChI=1S/C19H20N6O2/c1-12-18(13(2)27-24-12)17-9-20-8-16(23-17)5-14-3-4-25(10-14)19(26)15-6-21-11-22-7-15/h6-9,11,14H,3-5,10H2,1-2H3/t14-/m0/s1. The van der Waals surface area contributed by atoms with Crippen LogP contribution in [0.2, 0.25) is 0 Å². The molecule has 0 spiro atoms. The van der Waals surface area contributed by atoms with Crippen molar-refractivity contribution in [3.63, 3.8) is 0 Å². The second kappa shape index (κ2) is 7.22. The lowest BCUT2D eigenvalue weighted by Gasteiger charge is -2.16. The largest absolute Gasteiger partial charge is 0.361 e. The average molecular weight is 364 g/mol. The molecule has 1 amide bonds. The van der Waals surface area contributed by atoms with Crippen LogP contribution in [0.25, 0.3) is 11.3 Å². The fourth-order valence-corrected chi connectivity index (χ4v) is 3.55. The summed E-state index contributed by atoms with van der Waals surface area (Å²) in [5.74, 6) is 1.07. The first kappa shape index (κ1) is 17.3. The number of carbonyl (C=O) groups is 1. The second-order valence-corrected chi connectivity index (χ2v) is 6.83. The molecular formula is C19H20N6O2. The quantitative estimate of drug-likeness (QED) is 0.700. The molecule has 8 heteroatoms. The van der Waals surface area contributed by atoms with Gasteiger partial charge in [-0.1, -0.05) is 5.16 Å². The van der Waals surface area contributed by atoms with Gasteiger partial charge in [-0.25, -0.2) is 15.0 Å². The second-order valence-electron chi connectivity index (χ2n) is 6.83. The van der Waals surface area contributed by atoms with E-state index < -0.39 is 0 Å². The van der Waals surface area contributed by atoms with Crippen molar-refractivity contribution in [1.82, 2.24) is 30.0 Å². The van der Waals surface area contributed by atoms with Crippen LogP contribution >= 0.6 is 0 Å². The SMILES string of the molecule is Cc1noc(C)c1-c1cncc(C[C@@H]2CCN(C(=O)c3cncnc3)C2)n1. The minimum absolute atomic E-state index is 0.0198. The van der Waals surface area contributed by atoms with E-state index in [0.717, 1.165) is 47.8 Å². The Morgan fingerprint density at radius 1 is 1.19 bits per heavy atom. The molecule has 1 saturated heterocycles. The van der Waals surface area contributed by atoms with Crippen LogP contribution in [0.4, 0.5) is 0 Å². The summed E-state index contributed by atoms with van der Waals surface area (Å²) < 4.78 is 5.23. The van der Waals surface area contributed by atoms with Gasteiger partial charge >= 0.3 is 0 Å². The van der Waals surface area contributed by atoms with Crippen molar-refractivity contribution >= 4 is 5.91 Å². The molecule has 1 atom stereocenters. The average Bonchev–Trinajstić information content (AvgIpc) is 3.28. The maximum Gasteiger partial charge on any atom is 0.256 e. The van der Waals surface area contributed by atoms with Crippen molar-refractivity contribution in [1.29, 1.82) is 0 Å². The molecule has 27 heavy (non-hydrogen) atoms. The normalized spacial score (nSPS) is 16.7. The molecule has 0 unspecified atom stereocenters. The van der Waals surface area contributed by atoms with Gasteiger partial charge < -0.3 is 9.42 Å². The number of aryl methyl sites for hydroxylation is 2. The van der Waals surface area contributed by atoms with E-state index in [-0.39, 0.29) is 5.91 Å². The number of hydrogen-bond acceptors (Lipinski definition) is 7. The zero-order valence-electron chi connectivity index (χ0n) is 15.3.